The Labute approximate surface area is 134 Å². The Hall–Kier alpha value is -1.04. The van der Waals surface area contributed by atoms with Crippen LogP contribution in [0.3, 0.4) is 0 Å². The van der Waals surface area contributed by atoms with Gasteiger partial charge in [-0.3, -0.25) is 4.79 Å². The molecule has 108 valence electrons. The average molecular weight is 405 g/mol. The number of carbonyl (C=O) groups is 1. The van der Waals surface area contributed by atoms with Gasteiger partial charge in [0, 0.05) is 4.91 Å². The molecule has 1 aromatic rings. The number of hydrogen-bond acceptors (Lipinski definition) is 3. The molecule has 0 bridgehead atoms. The summed E-state index contributed by atoms with van der Waals surface area (Å²) < 4.78 is 5.17. The number of nitrogens with zero attached hydrogens (tertiary/aromatic N) is 3. The first-order valence-corrected chi connectivity index (χ1v) is 7.79. The second-order valence-electron chi connectivity index (χ2n) is 4.64. The largest absolute Gasteiger partial charge is 0.465 e. The van der Waals surface area contributed by atoms with Gasteiger partial charge in [0.1, 0.15) is 0 Å². The maximum atomic E-state index is 12.1. The summed E-state index contributed by atoms with van der Waals surface area (Å²) in [4.78, 5) is 14.7. The zero-order chi connectivity index (χ0) is 15.2. The highest BCUT2D eigenvalue weighted by Crippen LogP contribution is 2.33. The van der Waals surface area contributed by atoms with E-state index < -0.39 is 5.41 Å². The van der Waals surface area contributed by atoms with Crippen molar-refractivity contribution in [1.82, 2.24) is 0 Å². The van der Waals surface area contributed by atoms with Crippen LogP contribution in [0, 0.1) is 0 Å². The highest BCUT2D eigenvalue weighted by Gasteiger charge is 2.31. The summed E-state index contributed by atoms with van der Waals surface area (Å²) in [7, 11) is 0. The minimum absolute atomic E-state index is 0.0340. The van der Waals surface area contributed by atoms with E-state index in [2.05, 4.69) is 41.9 Å². The van der Waals surface area contributed by atoms with Crippen molar-refractivity contribution in [1.29, 1.82) is 0 Å². The number of hydrogen-bond donors (Lipinski definition) is 0. The van der Waals surface area contributed by atoms with Crippen molar-refractivity contribution in [2.45, 2.75) is 23.0 Å². The van der Waals surface area contributed by atoms with Crippen LogP contribution in [-0.2, 0) is 14.9 Å². The van der Waals surface area contributed by atoms with Gasteiger partial charge in [-0.15, -0.1) is 0 Å². The topological polar surface area (TPSA) is 75.1 Å². The van der Waals surface area contributed by atoms with Crippen molar-refractivity contribution >= 4 is 37.8 Å². The fraction of sp³-hybridized carbons (Fsp3) is 0.462. The Kier molecular flexibility index (Phi) is 6.52. The molecule has 0 aromatic heterocycles. The molecule has 0 heterocycles. The van der Waals surface area contributed by atoms with Crippen molar-refractivity contribution in [2.24, 2.45) is 5.11 Å². The van der Waals surface area contributed by atoms with Gasteiger partial charge < -0.3 is 4.74 Å². The molecule has 0 atom stereocenters. The van der Waals surface area contributed by atoms with Crippen molar-refractivity contribution in [2.75, 3.05) is 13.2 Å². The lowest BCUT2D eigenvalue weighted by molar-refractivity contribution is -0.149. The van der Waals surface area contributed by atoms with Crippen LogP contribution >= 0.6 is 31.9 Å². The highest BCUT2D eigenvalue weighted by molar-refractivity contribution is 9.24. The van der Waals surface area contributed by atoms with Gasteiger partial charge in [0.05, 0.1) is 22.3 Å². The molecule has 1 rings (SSSR count). The molecule has 1 aromatic carbocycles. The Morgan fingerprint density at radius 1 is 1.50 bits per heavy atom. The lowest BCUT2D eigenvalue weighted by Gasteiger charge is -2.23. The number of ether oxygens (including phenoxy) is 1. The normalized spacial score (nSPS) is 11.1. The van der Waals surface area contributed by atoms with E-state index in [0.29, 0.717) is 0 Å². The van der Waals surface area contributed by atoms with Gasteiger partial charge in [-0.2, -0.15) is 0 Å². The van der Waals surface area contributed by atoms with Crippen LogP contribution in [0.5, 0.6) is 0 Å². The van der Waals surface area contributed by atoms with Crippen molar-refractivity contribution < 1.29 is 9.53 Å². The Morgan fingerprint density at radius 2 is 2.20 bits per heavy atom. The second kappa shape index (κ2) is 7.67. The van der Waals surface area contributed by atoms with Gasteiger partial charge in [-0.05, 0) is 30.5 Å². The fourth-order valence-corrected chi connectivity index (χ4v) is 2.15. The van der Waals surface area contributed by atoms with Crippen molar-refractivity contribution in [3.05, 3.63) is 45.8 Å². The monoisotopic (exact) mass is 403 g/mol. The lowest BCUT2D eigenvalue weighted by atomic mass is 9.84. The maximum Gasteiger partial charge on any atom is 0.315 e. The molecular weight excluding hydrogens is 390 g/mol. The van der Waals surface area contributed by atoms with E-state index in [0.717, 1.165) is 11.1 Å². The summed E-state index contributed by atoms with van der Waals surface area (Å²) >= 11 is 6.87. The Morgan fingerprint density at radius 3 is 2.80 bits per heavy atom. The zero-order valence-electron chi connectivity index (χ0n) is 11.2. The van der Waals surface area contributed by atoms with Crippen molar-refractivity contribution in [3.63, 3.8) is 0 Å². The van der Waals surface area contributed by atoms with Crippen LogP contribution in [0.1, 0.15) is 28.7 Å². The summed E-state index contributed by atoms with van der Waals surface area (Å²) in [5.74, 6) is -0.344. The number of halogens is 2. The first-order chi connectivity index (χ1) is 9.39. The predicted molar refractivity (Wildman–Crippen MR) is 85.0 cm³/mol. The lowest BCUT2D eigenvalue weighted by Crippen LogP contribution is -2.31. The number of rotatable bonds is 6. The number of carbonyl (C=O) groups excluding carboxylic acids is 1. The summed E-state index contributed by atoms with van der Waals surface area (Å²) in [6, 6.07) is 7.69. The Bertz CT molecular complexity index is 526. The SMILES string of the molecule is CC(C)(C(=O)OCCN=[N+]=[N-])c1cccc(C(Br)Br)c1. The standard InChI is InChI=1S/C13H15Br2N3O2/c1-13(2,12(19)20-7-6-17-18-16)10-5-3-4-9(8-10)11(14)15/h3-5,8,11H,6-7H2,1-2H3. The first kappa shape index (κ1) is 17.0. The molecule has 0 aliphatic rings. The molecule has 0 fully saturated rings. The maximum absolute atomic E-state index is 12.1. The van der Waals surface area contributed by atoms with Gasteiger partial charge in [-0.1, -0.05) is 61.2 Å². The second-order valence-corrected chi connectivity index (χ2v) is 7.70. The van der Waals surface area contributed by atoms with Crippen LogP contribution in [0.15, 0.2) is 29.4 Å². The molecule has 7 heteroatoms. The summed E-state index contributed by atoms with van der Waals surface area (Å²) in [5.41, 5.74) is 9.29. The first-order valence-electron chi connectivity index (χ1n) is 5.96. The van der Waals surface area contributed by atoms with Gasteiger partial charge in [0.2, 0.25) is 0 Å². The van der Waals surface area contributed by atoms with E-state index in [4.69, 9.17) is 10.3 Å². The summed E-state index contributed by atoms with van der Waals surface area (Å²) in [5, 5.41) is 3.33. The molecular formula is C13H15Br2N3O2. The zero-order valence-corrected chi connectivity index (χ0v) is 14.4. The molecule has 0 aliphatic heterocycles. The molecule has 5 nitrogen and oxygen atoms in total. The van der Waals surface area contributed by atoms with E-state index in [-0.39, 0.29) is 22.9 Å². The van der Waals surface area contributed by atoms with E-state index in [1.165, 1.54) is 0 Å². The van der Waals surface area contributed by atoms with Crippen molar-refractivity contribution in [3.8, 4) is 0 Å². The van der Waals surface area contributed by atoms with E-state index in [1.807, 2.05) is 24.3 Å². The van der Waals surface area contributed by atoms with E-state index >= 15 is 0 Å². The number of azide groups is 1. The van der Waals surface area contributed by atoms with Crippen LogP contribution < -0.4 is 0 Å². The average Bonchev–Trinajstić information content (AvgIpc) is 2.43. The molecule has 0 N–H and O–H groups in total. The van der Waals surface area contributed by atoms with Crippen LogP contribution in [0.25, 0.3) is 10.4 Å². The fourth-order valence-electron chi connectivity index (χ4n) is 1.59. The number of alkyl halides is 2. The van der Waals surface area contributed by atoms with E-state index in [1.54, 1.807) is 13.8 Å². The molecule has 20 heavy (non-hydrogen) atoms. The smallest absolute Gasteiger partial charge is 0.315 e. The third-order valence-corrected chi connectivity index (χ3v) is 3.92. The molecule has 0 saturated carbocycles. The third kappa shape index (κ3) is 4.51. The quantitative estimate of drug-likeness (QED) is 0.173. The van der Waals surface area contributed by atoms with Gasteiger partial charge in [-0.25, -0.2) is 0 Å². The highest BCUT2D eigenvalue weighted by atomic mass is 79.9. The summed E-state index contributed by atoms with van der Waals surface area (Å²) in [6.07, 6.45) is 0. The van der Waals surface area contributed by atoms with E-state index in [9.17, 15) is 4.79 Å². The number of esters is 1. The molecule has 0 unspecified atom stereocenters. The van der Waals surface area contributed by atoms with Gasteiger partial charge >= 0.3 is 5.97 Å². The van der Waals surface area contributed by atoms with Crippen LogP contribution in [0.4, 0.5) is 0 Å². The minimum atomic E-state index is -0.763. The molecule has 0 saturated heterocycles. The predicted octanol–water partition coefficient (Wildman–Crippen LogP) is 4.61. The van der Waals surface area contributed by atoms with Crippen LogP contribution in [0.2, 0.25) is 0 Å². The number of benzene rings is 1. The Balaban J connectivity index is 2.83. The molecule has 0 aliphatic carbocycles. The molecule has 0 amide bonds. The molecule has 0 radical (unpaired) electrons. The minimum Gasteiger partial charge on any atom is -0.465 e. The molecule has 0 spiro atoms. The van der Waals surface area contributed by atoms with Gasteiger partial charge in [0.25, 0.3) is 0 Å². The van der Waals surface area contributed by atoms with Gasteiger partial charge in [0.15, 0.2) is 0 Å². The van der Waals surface area contributed by atoms with Crippen LogP contribution in [-0.4, -0.2) is 19.1 Å². The third-order valence-electron chi connectivity index (χ3n) is 2.86. The summed E-state index contributed by atoms with van der Waals surface area (Å²) in [6.45, 7) is 3.84.